The molecule has 0 atom stereocenters. The molecule has 0 aliphatic heterocycles. The Labute approximate surface area is 176 Å². The predicted molar refractivity (Wildman–Crippen MR) is 116 cm³/mol. The normalized spacial score (nSPS) is 11.7. The molecule has 3 N–H and O–H groups in total. The Hall–Kier alpha value is -3.72. The highest BCUT2D eigenvalue weighted by Gasteiger charge is 2.14. The van der Waals surface area contributed by atoms with E-state index in [4.69, 9.17) is 9.47 Å². The summed E-state index contributed by atoms with van der Waals surface area (Å²) in [5.74, 6) is -0.248. The van der Waals surface area contributed by atoms with Crippen molar-refractivity contribution in [3.05, 3.63) is 58.7 Å². The van der Waals surface area contributed by atoms with E-state index in [1.54, 1.807) is 31.0 Å². The quantitative estimate of drug-likeness (QED) is 0.304. The van der Waals surface area contributed by atoms with Gasteiger partial charge in [0.2, 0.25) is 10.6 Å². The molecular weight excluding hydrogens is 406 g/mol. The number of phenols is 3. The summed E-state index contributed by atoms with van der Waals surface area (Å²) in [6, 6.07) is 8.15. The zero-order valence-corrected chi connectivity index (χ0v) is 17.3. The predicted octanol–water partition coefficient (Wildman–Crippen LogP) is 3.32. The standard InChI is InChI=1S/C21H21N3O5S/c1-4-9-22-21-24(23-11-13-5-8-17(25)20(27)19(13)26)16(12-30-21)15-7-6-14(28-2)10-18(15)29-3/h4-8,10-12,25-27H,1,9H2,2-3H3. The number of aromatic hydroxyl groups is 3. The number of hydrogen-bond donors (Lipinski definition) is 3. The Balaban J connectivity index is 2.15. The van der Waals surface area contributed by atoms with Crippen molar-refractivity contribution in [1.29, 1.82) is 0 Å². The van der Waals surface area contributed by atoms with E-state index in [2.05, 4.69) is 16.7 Å². The van der Waals surface area contributed by atoms with Crippen LogP contribution in [-0.2, 0) is 0 Å². The molecule has 0 aliphatic rings. The van der Waals surface area contributed by atoms with E-state index < -0.39 is 17.2 Å². The first-order valence-electron chi connectivity index (χ1n) is 8.82. The Morgan fingerprint density at radius 1 is 1.10 bits per heavy atom. The Morgan fingerprint density at radius 3 is 2.60 bits per heavy atom. The maximum Gasteiger partial charge on any atom is 0.206 e. The lowest BCUT2D eigenvalue weighted by molar-refractivity contribution is 0.367. The minimum Gasteiger partial charge on any atom is -0.504 e. The van der Waals surface area contributed by atoms with Crippen molar-refractivity contribution in [3.8, 4) is 40.0 Å². The first kappa shape index (κ1) is 21.0. The van der Waals surface area contributed by atoms with Crippen LogP contribution >= 0.6 is 11.3 Å². The zero-order valence-electron chi connectivity index (χ0n) is 16.4. The van der Waals surface area contributed by atoms with Gasteiger partial charge in [-0.2, -0.15) is 5.10 Å². The van der Waals surface area contributed by atoms with Crippen molar-refractivity contribution in [3.63, 3.8) is 0 Å². The fourth-order valence-electron chi connectivity index (χ4n) is 2.67. The highest BCUT2D eigenvalue weighted by Crippen LogP contribution is 2.36. The van der Waals surface area contributed by atoms with Gasteiger partial charge in [-0.1, -0.05) is 6.08 Å². The molecule has 0 fully saturated rings. The fourth-order valence-corrected chi connectivity index (χ4v) is 3.50. The van der Waals surface area contributed by atoms with E-state index in [-0.39, 0.29) is 5.56 Å². The maximum atomic E-state index is 10.1. The van der Waals surface area contributed by atoms with Crippen LogP contribution in [0.5, 0.6) is 28.7 Å². The van der Waals surface area contributed by atoms with Gasteiger partial charge >= 0.3 is 0 Å². The molecule has 8 nitrogen and oxygen atoms in total. The number of nitrogens with zero attached hydrogens (tertiary/aromatic N) is 3. The molecule has 0 radical (unpaired) electrons. The number of phenolic OH excluding ortho intramolecular Hbond substituents is 3. The highest BCUT2D eigenvalue weighted by atomic mass is 32.1. The van der Waals surface area contributed by atoms with Crippen LogP contribution in [-0.4, -0.2) is 47.0 Å². The molecule has 0 spiro atoms. The first-order valence-corrected chi connectivity index (χ1v) is 9.70. The minimum atomic E-state index is -0.608. The smallest absolute Gasteiger partial charge is 0.206 e. The summed E-state index contributed by atoms with van der Waals surface area (Å²) in [5, 5.41) is 35.6. The van der Waals surface area contributed by atoms with Crippen molar-refractivity contribution in [2.45, 2.75) is 0 Å². The van der Waals surface area contributed by atoms with E-state index >= 15 is 0 Å². The summed E-state index contributed by atoms with van der Waals surface area (Å²) in [6.07, 6.45) is 3.04. The van der Waals surface area contributed by atoms with Gasteiger partial charge in [0.25, 0.3) is 0 Å². The molecule has 30 heavy (non-hydrogen) atoms. The van der Waals surface area contributed by atoms with E-state index in [1.807, 2.05) is 17.5 Å². The second-order valence-corrected chi connectivity index (χ2v) is 6.86. The van der Waals surface area contributed by atoms with Gasteiger partial charge in [0.05, 0.1) is 32.7 Å². The molecule has 0 bridgehead atoms. The third-order valence-corrected chi connectivity index (χ3v) is 5.05. The summed E-state index contributed by atoms with van der Waals surface area (Å²) in [7, 11) is 3.15. The Kier molecular flexibility index (Phi) is 6.43. The molecule has 3 rings (SSSR count). The van der Waals surface area contributed by atoms with Gasteiger partial charge in [-0.05, 0) is 24.3 Å². The lowest BCUT2D eigenvalue weighted by Crippen LogP contribution is -2.12. The zero-order chi connectivity index (χ0) is 21.7. The number of hydrogen-bond acceptors (Lipinski definition) is 8. The molecule has 9 heteroatoms. The van der Waals surface area contributed by atoms with Gasteiger partial charge in [0.15, 0.2) is 11.5 Å². The van der Waals surface area contributed by atoms with Gasteiger partial charge < -0.3 is 24.8 Å². The molecule has 156 valence electrons. The number of rotatable bonds is 7. The van der Waals surface area contributed by atoms with Crippen molar-refractivity contribution >= 4 is 17.6 Å². The Bertz CT molecular complexity index is 1160. The molecule has 1 aromatic heterocycles. The summed E-state index contributed by atoms with van der Waals surface area (Å²) in [4.78, 5) is 5.06. The minimum absolute atomic E-state index is 0.228. The van der Waals surface area contributed by atoms with E-state index in [0.29, 0.717) is 28.5 Å². The second kappa shape index (κ2) is 9.19. The van der Waals surface area contributed by atoms with Gasteiger partial charge in [-0.15, -0.1) is 17.9 Å². The van der Waals surface area contributed by atoms with Crippen LogP contribution in [0.2, 0.25) is 0 Å². The fraction of sp³-hybridized carbons (Fsp3) is 0.143. The number of methoxy groups -OCH3 is 2. The monoisotopic (exact) mass is 427 g/mol. The van der Waals surface area contributed by atoms with Crippen LogP contribution in [0.25, 0.3) is 11.3 Å². The van der Waals surface area contributed by atoms with Crippen molar-refractivity contribution in [1.82, 2.24) is 4.68 Å². The third-order valence-electron chi connectivity index (χ3n) is 4.20. The lowest BCUT2D eigenvalue weighted by atomic mass is 10.1. The molecule has 1 heterocycles. The van der Waals surface area contributed by atoms with Crippen LogP contribution in [0.3, 0.4) is 0 Å². The molecule has 2 aromatic carbocycles. The number of aromatic nitrogens is 1. The molecule has 0 amide bonds. The summed E-state index contributed by atoms with van der Waals surface area (Å²) < 4.78 is 12.4. The Morgan fingerprint density at radius 2 is 1.90 bits per heavy atom. The van der Waals surface area contributed by atoms with Gasteiger partial charge in [0, 0.05) is 22.6 Å². The van der Waals surface area contributed by atoms with Crippen molar-refractivity contribution < 1.29 is 24.8 Å². The average Bonchev–Trinajstić information content (AvgIpc) is 3.17. The van der Waals surface area contributed by atoms with E-state index in [1.165, 1.54) is 29.7 Å². The SMILES string of the molecule is C=CCN=c1scc(-c2ccc(OC)cc2OC)n1N=Cc1ccc(O)c(O)c1O. The molecular formula is C21H21N3O5S. The highest BCUT2D eigenvalue weighted by molar-refractivity contribution is 7.07. The second-order valence-electron chi connectivity index (χ2n) is 6.03. The van der Waals surface area contributed by atoms with Crippen LogP contribution in [0.4, 0.5) is 0 Å². The topological polar surface area (TPSA) is 109 Å². The van der Waals surface area contributed by atoms with Crippen molar-refractivity contribution in [2.75, 3.05) is 20.8 Å². The summed E-state index contributed by atoms with van der Waals surface area (Å²) in [5.41, 5.74) is 1.71. The van der Waals surface area contributed by atoms with Crippen LogP contribution in [0, 0.1) is 0 Å². The molecule has 0 saturated carbocycles. The van der Waals surface area contributed by atoms with Crippen LogP contribution < -0.4 is 14.3 Å². The van der Waals surface area contributed by atoms with Gasteiger partial charge in [0.1, 0.15) is 11.5 Å². The summed E-state index contributed by atoms with van der Waals surface area (Å²) in [6.45, 7) is 4.09. The number of ether oxygens (including phenoxy) is 2. The third kappa shape index (κ3) is 4.15. The van der Waals surface area contributed by atoms with Crippen LogP contribution in [0.15, 0.2) is 58.5 Å². The summed E-state index contributed by atoms with van der Waals surface area (Å²) >= 11 is 1.38. The molecule has 3 aromatic rings. The van der Waals surface area contributed by atoms with Gasteiger partial charge in [-0.25, -0.2) is 4.68 Å². The van der Waals surface area contributed by atoms with Gasteiger partial charge in [-0.3, -0.25) is 4.99 Å². The van der Waals surface area contributed by atoms with E-state index in [0.717, 1.165) is 5.56 Å². The average molecular weight is 427 g/mol. The maximum absolute atomic E-state index is 10.1. The molecule has 0 aliphatic carbocycles. The van der Waals surface area contributed by atoms with Crippen LogP contribution in [0.1, 0.15) is 5.56 Å². The molecule has 0 saturated heterocycles. The number of benzene rings is 2. The first-order chi connectivity index (χ1) is 14.5. The molecule has 0 unspecified atom stereocenters. The van der Waals surface area contributed by atoms with Crippen molar-refractivity contribution in [2.24, 2.45) is 10.1 Å². The largest absolute Gasteiger partial charge is 0.504 e. The number of thiazole rings is 1. The van der Waals surface area contributed by atoms with E-state index in [9.17, 15) is 15.3 Å². The lowest BCUT2D eigenvalue weighted by Gasteiger charge is -2.11.